The molecule has 0 saturated carbocycles. The number of rotatable bonds is 2. The zero-order valence-electron chi connectivity index (χ0n) is 6.97. The second-order valence-corrected chi connectivity index (χ2v) is 4.08. The van der Waals surface area contributed by atoms with Crippen molar-refractivity contribution in [2.45, 2.75) is 32.9 Å². The van der Waals surface area contributed by atoms with Crippen LogP contribution in [0.1, 0.15) is 20.8 Å². The van der Waals surface area contributed by atoms with Crippen molar-refractivity contribution in [2.75, 3.05) is 0 Å². The van der Waals surface area contributed by atoms with Gasteiger partial charge in [-0.05, 0) is 0 Å². The SMILES string of the molecule is C[B]C(=O)S[B]C(C)(C)C. The summed E-state index contributed by atoms with van der Waals surface area (Å²) in [5, 5.41) is 0.249. The highest BCUT2D eigenvalue weighted by atomic mass is 32.2. The van der Waals surface area contributed by atoms with Crippen molar-refractivity contribution in [2.24, 2.45) is 0 Å². The molecule has 0 heterocycles. The van der Waals surface area contributed by atoms with Gasteiger partial charge < -0.3 is 4.79 Å². The molecule has 0 aliphatic rings. The smallest absolute Gasteiger partial charge is 0.213 e. The third kappa shape index (κ3) is 6.27. The van der Waals surface area contributed by atoms with Crippen LogP contribution in [0, 0.1) is 0 Å². The van der Waals surface area contributed by atoms with Crippen molar-refractivity contribution in [1.82, 2.24) is 0 Å². The lowest BCUT2D eigenvalue weighted by Crippen LogP contribution is -2.08. The topological polar surface area (TPSA) is 17.1 Å². The minimum Gasteiger partial charge on any atom is -0.301 e. The molecule has 4 heteroatoms. The average Bonchev–Trinajstić information content (AvgIpc) is 1.81. The molecule has 0 atom stereocenters. The minimum absolute atomic E-state index is 0.120. The Kier molecular flexibility index (Phi) is 4.18. The molecule has 0 aromatic heterocycles. The fraction of sp³-hybridized carbons (Fsp3) is 0.833. The molecule has 0 fully saturated rings. The van der Waals surface area contributed by atoms with Crippen molar-refractivity contribution in [1.29, 1.82) is 0 Å². The Morgan fingerprint density at radius 3 is 2.20 bits per heavy atom. The quantitative estimate of drug-likeness (QED) is 0.568. The van der Waals surface area contributed by atoms with Crippen LogP contribution < -0.4 is 0 Å². The van der Waals surface area contributed by atoms with Gasteiger partial charge in [0.2, 0.25) is 13.8 Å². The van der Waals surface area contributed by atoms with Gasteiger partial charge in [0.25, 0.3) is 0 Å². The van der Waals surface area contributed by atoms with Crippen molar-refractivity contribution in [3.8, 4) is 0 Å². The molecule has 10 heavy (non-hydrogen) atoms. The van der Waals surface area contributed by atoms with Gasteiger partial charge in [-0.25, -0.2) is 0 Å². The Hall–Kier alpha value is 0.150. The number of carbonyl (C=O) groups is 1. The minimum atomic E-state index is 0.120. The summed E-state index contributed by atoms with van der Waals surface area (Å²) < 4.78 is 0. The van der Waals surface area contributed by atoms with Gasteiger partial charge in [-0.15, -0.1) is 0 Å². The molecule has 0 rings (SSSR count). The summed E-state index contributed by atoms with van der Waals surface area (Å²) in [4.78, 5) is 10.7. The number of hydrogen-bond donors (Lipinski definition) is 0. The first kappa shape index (κ1) is 10.1. The van der Waals surface area contributed by atoms with Crippen LogP contribution in [-0.2, 0) is 0 Å². The molecule has 1 nitrogen and oxygen atoms in total. The Bertz CT molecular complexity index is 119. The maximum absolute atomic E-state index is 10.7. The summed E-state index contributed by atoms with van der Waals surface area (Å²) in [6, 6.07) is 0. The van der Waals surface area contributed by atoms with Crippen molar-refractivity contribution in [3.63, 3.8) is 0 Å². The molecule has 54 valence electrons. The maximum atomic E-state index is 10.7. The molecule has 0 unspecified atom stereocenters. The van der Waals surface area contributed by atoms with Crippen LogP contribution in [0.3, 0.4) is 0 Å². The molecule has 0 aliphatic heterocycles. The van der Waals surface area contributed by atoms with Gasteiger partial charge in [0.1, 0.15) is 5.01 Å². The maximum Gasteiger partial charge on any atom is 0.213 e. The highest BCUT2D eigenvalue weighted by Crippen LogP contribution is 2.25. The predicted octanol–water partition coefficient (Wildman–Crippen LogP) is 2.43. The summed E-state index contributed by atoms with van der Waals surface area (Å²) in [6.45, 7) is 9.93. The Balaban J connectivity index is 3.46. The average molecular weight is 154 g/mol. The van der Waals surface area contributed by atoms with Gasteiger partial charge in [0.15, 0.2) is 0 Å². The van der Waals surface area contributed by atoms with E-state index >= 15 is 0 Å². The number of hydrogen-bond acceptors (Lipinski definition) is 2. The third-order valence-electron chi connectivity index (χ3n) is 0.764. The zero-order chi connectivity index (χ0) is 8.20. The van der Waals surface area contributed by atoms with E-state index < -0.39 is 0 Å². The van der Waals surface area contributed by atoms with Gasteiger partial charge >= 0.3 is 0 Å². The van der Waals surface area contributed by atoms with E-state index in [2.05, 4.69) is 20.8 Å². The normalized spacial score (nSPS) is 10.8. The van der Waals surface area contributed by atoms with E-state index in [1.165, 1.54) is 11.6 Å². The predicted molar refractivity (Wildman–Crippen MR) is 50.1 cm³/mol. The molecule has 0 aromatic rings. The van der Waals surface area contributed by atoms with Crippen LogP contribution in [0.5, 0.6) is 0 Å². The Labute approximate surface area is 68.7 Å². The number of carbonyl (C=O) groups excluding carboxylic acids is 1. The van der Waals surface area contributed by atoms with Crippen LogP contribution in [0.25, 0.3) is 0 Å². The monoisotopic (exact) mass is 154 g/mol. The summed E-state index contributed by atoms with van der Waals surface area (Å²) in [6.07, 6.45) is 0. The summed E-state index contributed by atoms with van der Waals surface area (Å²) in [5.74, 6) is 0. The third-order valence-corrected chi connectivity index (χ3v) is 2.06. The van der Waals surface area contributed by atoms with E-state index in [4.69, 9.17) is 0 Å². The molecule has 0 aromatic carbocycles. The second-order valence-electron chi connectivity index (χ2n) is 3.21. The molecular formula is C6H12B2OS. The highest BCUT2D eigenvalue weighted by Gasteiger charge is 2.14. The largest absolute Gasteiger partial charge is 0.301 e. The van der Waals surface area contributed by atoms with Gasteiger partial charge in [-0.3, -0.25) is 0 Å². The fourth-order valence-corrected chi connectivity index (χ4v) is 0.909. The molecule has 0 saturated heterocycles. The molecule has 0 amide bonds. The van der Waals surface area contributed by atoms with Crippen LogP contribution in [0.2, 0.25) is 12.1 Å². The van der Waals surface area contributed by atoms with Gasteiger partial charge in [0.05, 0.1) is 0 Å². The molecule has 0 N–H and O–H groups in total. The summed E-state index contributed by atoms with van der Waals surface area (Å²) in [7, 11) is 1.58. The second kappa shape index (κ2) is 4.12. The standard InChI is InChI=1S/C6H12B2OS/c1-6(2,3)8-10-5(9)7-4/h1-4H3. The molecule has 0 spiro atoms. The van der Waals surface area contributed by atoms with E-state index in [-0.39, 0.29) is 10.3 Å². The van der Waals surface area contributed by atoms with Crippen LogP contribution >= 0.6 is 11.6 Å². The van der Waals surface area contributed by atoms with E-state index in [0.717, 1.165) is 0 Å². The lowest BCUT2D eigenvalue weighted by molar-refractivity contribution is 0.275. The van der Waals surface area contributed by atoms with Crippen molar-refractivity contribution < 1.29 is 4.79 Å². The van der Waals surface area contributed by atoms with E-state index in [9.17, 15) is 4.79 Å². The van der Waals surface area contributed by atoms with Crippen LogP contribution in [0.15, 0.2) is 0 Å². The van der Waals surface area contributed by atoms with E-state index in [1.54, 1.807) is 14.1 Å². The van der Waals surface area contributed by atoms with Gasteiger partial charge in [-0.2, -0.15) is 11.6 Å². The van der Waals surface area contributed by atoms with Gasteiger partial charge in [0, 0.05) is 0 Å². The Morgan fingerprint density at radius 2 is 1.90 bits per heavy atom. The highest BCUT2D eigenvalue weighted by molar-refractivity contribution is 8.36. The summed E-state index contributed by atoms with van der Waals surface area (Å²) >= 11 is 1.26. The molecule has 0 aliphatic carbocycles. The molecule has 0 bridgehead atoms. The van der Waals surface area contributed by atoms with E-state index in [0.29, 0.717) is 0 Å². The Morgan fingerprint density at radius 1 is 1.40 bits per heavy atom. The molecular weight excluding hydrogens is 142 g/mol. The first-order valence-corrected chi connectivity index (χ1v) is 4.18. The van der Waals surface area contributed by atoms with Crippen LogP contribution in [0.4, 0.5) is 4.79 Å². The molecule has 2 radical (unpaired) electrons. The van der Waals surface area contributed by atoms with Crippen molar-refractivity contribution >= 4 is 30.5 Å². The lowest BCUT2D eigenvalue weighted by atomic mass is 9.73. The first-order chi connectivity index (χ1) is 4.45. The lowest BCUT2D eigenvalue weighted by Gasteiger charge is -2.14. The van der Waals surface area contributed by atoms with Crippen LogP contribution in [-0.4, -0.2) is 18.9 Å². The van der Waals surface area contributed by atoms with Crippen molar-refractivity contribution in [3.05, 3.63) is 0 Å². The fourth-order valence-electron chi connectivity index (χ4n) is 0.303. The van der Waals surface area contributed by atoms with Gasteiger partial charge in [-0.1, -0.05) is 32.9 Å². The zero-order valence-corrected chi connectivity index (χ0v) is 7.79. The summed E-state index contributed by atoms with van der Waals surface area (Å²) in [5.41, 5.74) is 0. The van der Waals surface area contributed by atoms with E-state index in [1.807, 2.05) is 6.56 Å². The first-order valence-electron chi connectivity index (χ1n) is 3.30.